The van der Waals surface area contributed by atoms with Crippen LogP contribution in [-0.2, 0) is 25.7 Å². The number of amides is 1. The van der Waals surface area contributed by atoms with Gasteiger partial charge in [0.25, 0.3) is 11.8 Å². The van der Waals surface area contributed by atoms with Gasteiger partial charge in [-0.3, -0.25) is 4.79 Å². The molecule has 0 bridgehead atoms. The van der Waals surface area contributed by atoms with Crippen LogP contribution in [0.3, 0.4) is 0 Å². The van der Waals surface area contributed by atoms with Crippen LogP contribution in [0.25, 0.3) is 0 Å². The lowest BCUT2D eigenvalue weighted by atomic mass is 10.1. The van der Waals surface area contributed by atoms with Gasteiger partial charge >= 0.3 is 6.18 Å². The number of carbonyl (C=O) groups excluding carboxylic acids is 1. The van der Waals surface area contributed by atoms with Crippen molar-refractivity contribution in [1.29, 1.82) is 4.78 Å². The Balaban J connectivity index is 2.17. The molecule has 0 saturated heterocycles. The third-order valence-corrected chi connectivity index (χ3v) is 7.38. The van der Waals surface area contributed by atoms with Gasteiger partial charge in [-0.2, -0.15) is 17.6 Å². The molecular formula is C22H19F5N4O5S2. The average Bonchev–Trinajstić information content (AvgIpc) is 2.77. The van der Waals surface area contributed by atoms with Gasteiger partial charge < -0.3 is 10.1 Å². The third kappa shape index (κ3) is 5.91. The van der Waals surface area contributed by atoms with E-state index in [1.807, 2.05) is 0 Å². The van der Waals surface area contributed by atoms with E-state index in [4.69, 9.17) is 9.52 Å². The lowest BCUT2D eigenvalue weighted by Crippen LogP contribution is -2.21. The first-order valence-electron chi connectivity index (χ1n) is 10.3. The number of halogens is 5. The van der Waals surface area contributed by atoms with E-state index in [9.17, 15) is 39.4 Å². The summed E-state index contributed by atoms with van der Waals surface area (Å²) in [5.41, 5.74) is -3.47. The summed E-state index contributed by atoms with van der Waals surface area (Å²) in [6.07, 6.45) is -3.28. The molecule has 2 aromatic carbocycles. The maximum atomic E-state index is 14.8. The summed E-state index contributed by atoms with van der Waals surface area (Å²) in [5.74, 6) is -6.67. The van der Waals surface area contributed by atoms with Crippen molar-refractivity contribution in [2.45, 2.75) is 29.8 Å². The highest BCUT2D eigenvalue weighted by Gasteiger charge is 2.38. The molecule has 1 unspecified atom stereocenters. The van der Waals surface area contributed by atoms with Crippen LogP contribution in [0, 0.1) is 30.3 Å². The van der Waals surface area contributed by atoms with Gasteiger partial charge in [-0.15, -0.1) is 10.2 Å². The first kappa shape index (κ1) is 28.9. The van der Waals surface area contributed by atoms with Crippen LogP contribution in [0.1, 0.15) is 27.2 Å². The number of hydrogen-bond acceptors (Lipinski definition) is 8. The standard InChI is InChI=1S/C22H19F5N4O5S2/c1-10-8-14(38(4,34)35)16(23)17(24)18(10)36-21-15(11(2)19(30-31-21)22(25,26)27)20(32)29-12-6-5-7-13(9-12)37(3,28)33/h5-9,28H,1-4H3,(H,29,32). The highest BCUT2D eigenvalue weighted by Crippen LogP contribution is 2.37. The Labute approximate surface area is 213 Å². The molecule has 1 atom stereocenters. The number of hydrogen-bond donors (Lipinski definition) is 2. The van der Waals surface area contributed by atoms with E-state index in [-0.39, 0.29) is 16.1 Å². The van der Waals surface area contributed by atoms with Gasteiger partial charge in [-0.1, -0.05) is 6.07 Å². The Morgan fingerprint density at radius 3 is 2.21 bits per heavy atom. The van der Waals surface area contributed by atoms with Gasteiger partial charge in [-0.05, 0) is 49.2 Å². The molecular weight excluding hydrogens is 559 g/mol. The van der Waals surface area contributed by atoms with Crippen molar-refractivity contribution in [3.05, 3.63) is 64.4 Å². The van der Waals surface area contributed by atoms with E-state index in [0.717, 1.165) is 26.2 Å². The third-order valence-electron chi connectivity index (χ3n) is 5.13. The lowest BCUT2D eigenvalue weighted by molar-refractivity contribution is -0.142. The van der Waals surface area contributed by atoms with Crippen LogP contribution in [0.15, 0.2) is 40.1 Å². The topological polar surface area (TPSA) is 139 Å². The monoisotopic (exact) mass is 578 g/mol. The minimum Gasteiger partial charge on any atom is -0.433 e. The maximum absolute atomic E-state index is 14.8. The Morgan fingerprint density at radius 2 is 1.66 bits per heavy atom. The zero-order valence-corrected chi connectivity index (χ0v) is 21.7. The predicted octanol–water partition coefficient (Wildman–Crippen LogP) is 4.87. The zero-order valence-electron chi connectivity index (χ0n) is 20.0. The van der Waals surface area contributed by atoms with Gasteiger partial charge in [0.1, 0.15) is 10.5 Å². The molecule has 0 radical (unpaired) electrons. The number of aryl methyl sites for hydroxylation is 1. The molecule has 1 amide bonds. The molecule has 0 saturated carbocycles. The van der Waals surface area contributed by atoms with Crippen LogP contribution in [-0.4, -0.2) is 41.2 Å². The second-order valence-electron chi connectivity index (χ2n) is 8.20. The number of rotatable bonds is 6. The number of nitrogens with one attached hydrogen (secondary N) is 2. The van der Waals surface area contributed by atoms with Gasteiger partial charge in [0.05, 0.1) is 9.73 Å². The molecule has 1 aromatic heterocycles. The number of nitrogens with zero attached hydrogens (tertiary/aromatic N) is 2. The number of benzene rings is 2. The molecule has 16 heteroatoms. The molecule has 0 fully saturated rings. The molecule has 0 aliphatic heterocycles. The fourth-order valence-electron chi connectivity index (χ4n) is 3.32. The summed E-state index contributed by atoms with van der Waals surface area (Å²) in [6.45, 7) is 2.03. The first-order valence-corrected chi connectivity index (χ1v) is 14.1. The van der Waals surface area contributed by atoms with Crippen molar-refractivity contribution < 1.29 is 44.1 Å². The number of carbonyl (C=O) groups is 1. The summed E-state index contributed by atoms with van der Waals surface area (Å²) >= 11 is 0. The van der Waals surface area contributed by atoms with Crippen molar-refractivity contribution in [2.24, 2.45) is 0 Å². The molecule has 1 heterocycles. The number of ether oxygens (including phenoxy) is 1. The van der Waals surface area contributed by atoms with Crippen molar-refractivity contribution in [1.82, 2.24) is 10.2 Å². The smallest absolute Gasteiger partial charge is 0.433 e. The zero-order chi connectivity index (χ0) is 28.8. The van der Waals surface area contributed by atoms with Crippen molar-refractivity contribution in [3.63, 3.8) is 0 Å². The van der Waals surface area contributed by atoms with E-state index < -0.39 is 76.6 Å². The average molecular weight is 579 g/mol. The van der Waals surface area contributed by atoms with Crippen LogP contribution in [0.2, 0.25) is 0 Å². The van der Waals surface area contributed by atoms with Gasteiger partial charge in [-0.25, -0.2) is 21.8 Å². The summed E-state index contributed by atoms with van der Waals surface area (Å²) in [7, 11) is -7.39. The largest absolute Gasteiger partial charge is 0.435 e. The molecule has 38 heavy (non-hydrogen) atoms. The number of sulfone groups is 1. The van der Waals surface area contributed by atoms with E-state index in [1.54, 1.807) is 0 Å². The van der Waals surface area contributed by atoms with Gasteiger partial charge in [0.2, 0.25) is 5.82 Å². The minimum absolute atomic E-state index is 0.0199. The Bertz CT molecular complexity index is 1670. The lowest BCUT2D eigenvalue weighted by Gasteiger charge is -2.17. The number of anilines is 1. The maximum Gasteiger partial charge on any atom is 0.435 e. The van der Waals surface area contributed by atoms with Crippen molar-refractivity contribution in [3.8, 4) is 11.6 Å². The van der Waals surface area contributed by atoms with Crippen LogP contribution in [0.4, 0.5) is 27.6 Å². The fraction of sp³-hybridized carbons (Fsp3) is 0.227. The van der Waals surface area contributed by atoms with E-state index in [1.165, 1.54) is 24.3 Å². The minimum atomic E-state index is -5.05. The molecule has 0 spiro atoms. The van der Waals surface area contributed by atoms with E-state index in [0.29, 0.717) is 6.26 Å². The number of alkyl halides is 3. The van der Waals surface area contributed by atoms with E-state index >= 15 is 0 Å². The predicted molar refractivity (Wildman–Crippen MR) is 125 cm³/mol. The molecule has 0 aliphatic carbocycles. The first-order chi connectivity index (χ1) is 17.3. The van der Waals surface area contributed by atoms with E-state index in [2.05, 4.69) is 15.5 Å². The van der Waals surface area contributed by atoms with Gasteiger partial charge in [0, 0.05) is 23.1 Å². The second-order valence-corrected chi connectivity index (χ2v) is 12.3. The van der Waals surface area contributed by atoms with Crippen LogP contribution in [0.5, 0.6) is 11.6 Å². The summed E-state index contributed by atoms with van der Waals surface area (Å²) in [6, 6.07) is 5.93. The molecule has 3 aromatic rings. The highest BCUT2D eigenvalue weighted by atomic mass is 32.2. The molecule has 0 aliphatic rings. The summed E-state index contributed by atoms with van der Waals surface area (Å²) in [4.78, 5) is 12.2. The Hall–Kier alpha value is -3.66. The Morgan fingerprint density at radius 1 is 1.03 bits per heavy atom. The number of aromatic nitrogens is 2. The summed E-state index contributed by atoms with van der Waals surface area (Å²) < 4.78 is 118. The quantitative estimate of drug-likeness (QED) is 0.398. The second kappa shape index (κ2) is 9.90. The van der Waals surface area contributed by atoms with Crippen molar-refractivity contribution >= 4 is 31.2 Å². The Kier molecular flexibility index (Phi) is 7.53. The molecule has 9 nitrogen and oxygen atoms in total. The van der Waals surface area contributed by atoms with Crippen LogP contribution < -0.4 is 10.1 Å². The molecule has 2 N–H and O–H groups in total. The summed E-state index contributed by atoms with van der Waals surface area (Å²) in [5, 5.41) is 8.57. The van der Waals surface area contributed by atoms with Crippen LogP contribution >= 0.6 is 0 Å². The normalized spacial score (nSPS) is 13.6. The SMILES string of the molecule is Cc1cc(S(C)(=O)=O)c(F)c(F)c1Oc1nnc(C(F)(F)F)c(C)c1C(=O)Nc1cccc(S(C)(=N)=O)c1. The fourth-order valence-corrected chi connectivity index (χ4v) is 4.81. The van der Waals surface area contributed by atoms with Crippen molar-refractivity contribution in [2.75, 3.05) is 17.8 Å². The van der Waals surface area contributed by atoms with Gasteiger partial charge in [0.15, 0.2) is 27.1 Å². The molecule has 3 rings (SSSR count). The molecule has 204 valence electrons. The highest BCUT2D eigenvalue weighted by molar-refractivity contribution is 7.91.